The van der Waals surface area contributed by atoms with Gasteiger partial charge in [0, 0.05) is 18.6 Å². The summed E-state index contributed by atoms with van der Waals surface area (Å²) in [5, 5.41) is 4.30. The quantitative estimate of drug-likeness (QED) is 0.389. The second-order valence-corrected chi connectivity index (χ2v) is 8.25. The van der Waals surface area contributed by atoms with Crippen molar-refractivity contribution in [2.24, 2.45) is 10.1 Å². The van der Waals surface area contributed by atoms with E-state index in [1.165, 1.54) is 11.9 Å². The van der Waals surface area contributed by atoms with Gasteiger partial charge in [-0.1, -0.05) is 33.1 Å². The zero-order valence-electron chi connectivity index (χ0n) is 17.8. The second-order valence-electron chi connectivity index (χ2n) is 7.34. The minimum Gasteiger partial charge on any atom is -0.497 e. The van der Waals surface area contributed by atoms with Gasteiger partial charge in [-0.05, 0) is 47.5 Å². The molecule has 1 unspecified atom stereocenters. The van der Waals surface area contributed by atoms with E-state index in [-0.39, 0.29) is 5.91 Å². The van der Waals surface area contributed by atoms with E-state index >= 15 is 0 Å². The summed E-state index contributed by atoms with van der Waals surface area (Å²) in [4.78, 5) is 32.4. The Hall–Kier alpha value is -3.53. The van der Waals surface area contributed by atoms with Crippen LogP contribution in [0.3, 0.4) is 0 Å². The highest BCUT2D eigenvalue weighted by Gasteiger charge is 2.51. The maximum atomic E-state index is 13.0. The molecule has 1 N–H and O–H groups in total. The van der Waals surface area contributed by atoms with Crippen LogP contribution in [-0.4, -0.2) is 71.6 Å². The number of carbonyl (C=O) groups excluding carboxylic acids is 2. The van der Waals surface area contributed by atoms with Gasteiger partial charge in [0.1, 0.15) is 5.75 Å². The highest BCUT2D eigenvalue weighted by molar-refractivity contribution is 9.10. The van der Waals surface area contributed by atoms with E-state index < -0.39 is 12.1 Å². The van der Waals surface area contributed by atoms with Gasteiger partial charge >= 0.3 is 12.0 Å². The Morgan fingerprint density at radius 1 is 1.19 bits per heavy atom. The molecule has 0 saturated carbocycles. The fourth-order valence-electron chi connectivity index (χ4n) is 3.54. The number of aliphatic imine (C=N–C) groups is 1. The average molecular weight is 498 g/mol. The van der Waals surface area contributed by atoms with E-state index in [4.69, 9.17) is 4.74 Å². The van der Waals surface area contributed by atoms with Gasteiger partial charge in [0.25, 0.3) is 5.91 Å². The molecular weight excluding hydrogens is 476 g/mol. The summed E-state index contributed by atoms with van der Waals surface area (Å²) in [7, 11) is 4.70. The Balaban J connectivity index is 1.66. The number of carbonyl (C=O) groups is 2. The number of benzene rings is 2. The maximum Gasteiger partial charge on any atom is 0.414 e. The summed E-state index contributed by atoms with van der Waals surface area (Å²) in [6.45, 7) is 0.402. The molecule has 1 fully saturated rings. The first-order chi connectivity index (χ1) is 15.4. The molecule has 4 rings (SSSR count). The number of ether oxygens (including phenoxy) is 1. The molecule has 1 atom stereocenters. The number of amides is 3. The third-order valence-electron chi connectivity index (χ3n) is 5.27. The number of nitrogens with one attached hydrogen (secondary N) is 1. The Morgan fingerprint density at radius 2 is 1.94 bits per heavy atom. The third-order valence-corrected chi connectivity index (χ3v) is 5.76. The molecule has 32 heavy (non-hydrogen) atoms. The molecule has 0 bridgehead atoms. The van der Waals surface area contributed by atoms with Gasteiger partial charge in [-0.2, -0.15) is 5.43 Å². The number of fused-ring (bicyclic) bond motifs is 1. The molecule has 1 saturated heterocycles. The Bertz CT molecular complexity index is 1160. The molecule has 0 aliphatic carbocycles. The van der Waals surface area contributed by atoms with Gasteiger partial charge in [0.2, 0.25) is 11.9 Å². The maximum absolute atomic E-state index is 13.0. The van der Waals surface area contributed by atoms with Crippen LogP contribution in [0.15, 0.2) is 63.1 Å². The minimum absolute atomic E-state index is 0.335. The van der Waals surface area contributed by atoms with E-state index in [1.807, 2.05) is 53.1 Å². The molecule has 3 amide bonds. The van der Waals surface area contributed by atoms with Gasteiger partial charge < -0.3 is 4.74 Å². The van der Waals surface area contributed by atoms with Crippen LogP contribution < -0.4 is 10.2 Å². The van der Waals surface area contributed by atoms with Crippen molar-refractivity contribution >= 4 is 45.9 Å². The Morgan fingerprint density at radius 3 is 2.62 bits per heavy atom. The van der Waals surface area contributed by atoms with E-state index in [1.54, 1.807) is 20.4 Å². The molecule has 2 aliphatic rings. The molecule has 0 radical (unpaired) electrons. The number of hydrazone groups is 1. The van der Waals surface area contributed by atoms with Gasteiger partial charge in [-0.3, -0.25) is 14.6 Å². The van der Waals surface area contributed by atoms with Crippen LogP contribution in [0.2, 0.25) is 0 Å². The highest BCUT2D eigenvalue weighted by atomic mass is 79.9. The number of rotatable bonds is 5. The van der Waals surface area contributed by atoms with Crippen molar-refractivity contribution in [1.29, 1.82) is 0 Å². The summed E-state index contributed by atoms with van der Waals surface area (Å²) in [6.07, 6.45) is 1.65. The van der Waals surface area contributed by atoms with Crippen LogP contribution in [0.1, 0.15) is 11.1 Å². The van der Waals surface area contributed by atoms with E-state index in [0.29, 0.717) is 18.3 Å². The number of methoxy groups -OCH3 is 1. The van der Waals surface area contributed by atoms with E-state index in [2.05, 4.69) is 31.4 Å². The molecule has 2 heterocycles. The first-order valence-electron chi connectivity index (χ1n) is 9.84. The van der Waals surface area contributed by atoms with Crippen molar-refractivity contribution in [2.45, 2.75) is 12.6 Å². The number of nitrogens with zero attached hydrogens (tertiary/aromatic N) is 5. The first kappa shape index (κ1) is 21.7. The summed E-state index contributed by atoms with van der Waals surface area (Å²) < 4.78 is 7.91. The zero-order valence-corrected chi connectivity index (χ0v) is 19.4. The topological polar surface area (TPSA) is 89.6 Å². The molecular formula is C22H22BrN6O3+. The van der Waals surface area contributed by atoms with Crippen molar-refractivity contribution in [3.8, 4) is 5.75 Å². The second kappa shape index (κ2) is 8.91. The van der Waals surface area contributed by atoms with Gasteiger partial charge in [-0.15, -0.1) is 5.10 Å². The Labute approximate surface area is 193 Å². The largest absolute Gasteiger partial charge is 0.497 e. The smallest absolute Gasteiger partial charge is 0.414 e. The lowest BCUT2D eigenvalue weighted by Crippen LogP contribution is -2.61. The lowest BCUT2D eigenvalue weighted by molar-refractivity contribution is -0.553. The standard InChI is InChI=1S/C22H21BrN6O3/c1-27-19-18(20(30)28(2)22(27)31)29(13-15-5-4-6-16(23)11-15)21(25-19)26-24-12-14-7-9-17(32-3)10-8-14/h4-12,18H,13H2,1-3H3/p+1/b24-12+. The SMILES string of the molecule is COc1ccc(/C=N/NC2=[N+](Cc3cccc(Br)c3)C3C(=O)N(C)C(=O)N(C)C3=N2)cc1. The zero-order chi connectivity index (χ0) is 22.8. The van der Waals surface area contributed by atoms with Crippen LogP contribution in [0.25, 0.3) is 0 Å². The third kappa shape index (κ3) is 4.13. The summed E-state index contributed by atoms with van der Waals surface area (Å²) in [5.74, 6) is 1.18. The lowest BCUT2D eigenvalue weighted by atomic mass is 10.1. The molecule has 9 nitrogen and oxygen atoms in total. The Kier molecular flexibility index (Phi) is 6.04. The van der Waals surface area contributed by atoms with Crippen molar-refractivity contribution in [1.82, 2.24) is 15.2 Å². The van der Waals surface area contributed by atoms with E-state index in [9.17, 15) is 9.59 Å². The van der Waals surface area contributed by atoms with Crippen molar-refractivity contribution in [3.05, 3.63) is 64.1 Å². The molecule has 164 valence electrons. The van der Waals surface area contributed by atoms with Crippen molar-refractivity contribution < 1.29 is 18.9 Å². The fraction of sp³-hybridized carbons (Fsp3) is 0.227. The van der Waals surface area contributed by atoms with Crippen LogP contribution in [0.5, 0.6) is 5.75 Å². The summed E-state index contributed by atoms with van der Waals surface area (Å²) in [5.41, 5.74) is 4.78. The van der Waals surface area contributed by atoms with Crippen LogP contribution in [0.4, 0.5) is 4.79 Å². The molecule has 2 aliphatic heterocycles. The first-order valence-corrected chi connectivity index (χ1v) is 10.6. The van der Waals surface area contributed by atoms with Crippen molar-refractivity contribution in [3.63, 3.8) is 0 Å². The number of guanidine groups is 1. The van der Waals surface area contributed by atoms with E-state index in [0.717, 1.165) is 26.2 Å². The lowest BCUT2D eigenvalue weighted by Gasteiger charge is -2.31. The summed E-state index contributed by atoms with van der Waals surface area (Å²) in [6, 6.07) is 14.1. The minimum atomic E-state index is -0.722. The highest BCUT2D eigenvalue weighted by Crippen LogP contribution is 2.21. The predicted octanol–water partition coefficient (Wildman–Crippen LogP) is 2.25. The summed E-state index contributed by atoms with van der Waals surface area (Å²) >= 11 is 3.48. The normalized spacial score (nSPS) is 18.4. The number of hydrogen-bond acceptors (Lipinski definition) is 6. The monoisotopic (exact) mass is 497 g/mol. The van der Waals surface area contributed by atoms with Crippen molar-refractivity contribution in [2.75, 3.05) is 21.2 Å². The van der Waals surface area contributed by atoms with Crippen LogP contribution in [-0.2, 0) is 11.3 Å². The fourth-order valence-corrected chi connectivity index (χ4v) is 3.99. The number of likely N-dealkylation sites (N-methyl/N-ethyl adjacent to an activating group) is 2. The number of amidine groups is 1. The van der Waals surface area contributed by atoms with Gasteiger partial charge in [0.15, 0.2) is 0 Å². The average Bonchev–Trinajstić information content (AvgIpc) is 3.15. The van der Waals surface area contributed by atoms with Crippen LogP contribution in [0, 0.1) is 0 Å². The number of urea groups is 1. The molecule has 2 aromatic carbocycles. The molecule has 2 aromatic rings. The predicted molar refractivity (Wildman–Crippen MR) is 124 cm³/mol. The number of hydrogen-bond donors (Lipinski definition) is 1. The molecule has 0 aromatic heterocycles. The molecule has 10 heteroatoms. The van der Waals surface area contributed by atoms with Crippen LogP contribution >= 0.6 is 15.9 Å². The number of halogens is 1. The molecule has 0 spiro atoms. The van der Waals surface area contributed by atoms with Gasteiger partial charge in [-0.25, -0.2) is 9.37 Å². The number of imide groups is 1. The van der Waals surface area contributed by atoms with Gasteiger partial charge in [0.05, 0.1) is 19.9 Å².